The van der Waals surface area contributed by atoms with Gasteiger partial charge in [-0.15, -0.1) is 0 Å². The number of nitrogens with zero attached hydrogens (tertiary/aromatic N) is 3. The first-order valence-corrected chi connectivity index (χ1v) is 11.1. The molecule has 2 heterocycles. The Hall–Kier alpha value is -2.79. The predicted molar refractivity (Wildman–Crippen MR) is 127 cm³/mol. The Morgan fingerprint density at radius 1 is 0.806 bits per heavy atom. The highest BCUT2D eigenvalue weighted by atomic mass is 35.5. The minimum atomic E-state index is 0.0134. The molecule has 0 amide bonds. The van der Waals surface area contributed by atoms with Crippen LogP contribution in [0.2, 0.25) is 5.02 Å². The highest BCUT2D eigenvalue weighted by molar-refractivity contribution is 6.30. The first kappa shape index (κ1) is 20.1. The molecule has 0 saturated carbocycles. The lowest BCUT2D eigenvalue weighted by molar-refractivity contribution is 0.127. The van der Waals surface area contributed by atoms with Crippen molar-refractivity contribution in [3.8, 4) is 11.3 Å². The Labute approximate surface area is 187 Å². The fourth-order valence-electron chi connectivity index (χ4n) is 4.68. The van der Waals surface area contributed by atoms with Crippen molar-refractivity contribution in [2.24, 2.45) is 0 Å². The molecule has 4 aromatic rings. The van der Waals surface area contributed by atoms with E-state index in [-0.39, 0.29) is 6.04 Å². The monoisotopic (exact) mass is 431 g/mol. The minimum Gasteiger partial charge on any atom is -0.428 e. The van der Waals surface area contributed by atoms with E-state index in [0.717, 1.165) is 58.9 Å². The van der Waals surface area contributed by atoms with E-state index in [2.05, 4.69) is 47.2 Å². The molecule has 1 atom stereocenters. The highest BCUT2D eigenvalue weighted by Gasteiger charge is 2.32. The standard InChI is InChI=1S/C26H26ClN3O/c1-28-15-17-29(18-16-28)25(20-11-13-21(27)14-12-20)24-22-9-5-6-10-23(22)30(31)26(24)19-7-3-2-4-8-19/h2-14,25,31H,15-18H2,1H3/t25-/m1/s1. The van der Waals surface area contributed by atoms with Crippen molar-refractivity contribution in [2.75, 3.05) is 33.2 Å². The minimum absolute atomic E-state index is 0.0134. The van der Waals surface area contributed by atoms with E-state index in [1.807, 2.05) is 48.5 Å². The van der Waals surface area contributed by atoms with Gasteiger partial charge in [0.1, 0.15) is 0 Å². The van der Waals surface area contributed by atoms with Gasteiger partial charge < -0.3 is 10.1 Å². The van der Waals surface area contributed by atoms with Crippen LogP contribution in [0.1, 0.15) is 17.2 Å². The van der Waals surface area contributed by atoms with Gasteiger partial charge in [-0.1, -0.05) is 72.3 Å². The largest absolute Gasteiger partial charge is 0.428 e. The molecule has 1 fully saturated rings. The van der Waals surface area contributed by atoms with Gasteiger partial charge in [0.2, 0.25) is 0 Å². The Balaban J connectivity index is 1.77. The molecule has 31 heavy (non-hydrogen) atoms. The molecule has 0 unspecified atom stereocenters. The number of rotatable bonds is 4. The van der Waals surface area contributed by atoms with Gasteiger partial charge in [0, 0.05) is 47.7 Å². The van der Waals surface area contributed by atoms with Gasteiger partial charge in [-0.05, 0) is 30.8 Å². The van der Waals surface area contributed by atoms with E-state index in [1.165, 1.54) is 10.3 Å². The van der Waals surface area contributed by atoms with Crippen molar-refractivity contribution in [2.45, 2.75) is 6.04 Å². The summed E-state index contributed by atoms with van der Waals surface area (Å²) in [7, 11) is 2.17. The maximum Gasteiger partial charge on any atom is 0.0930 e. The molecular formula is C26H26ClN3O. The molecule has 1 aromatic heterocycles. The number of hydrogen-bond donors (Lipinski definition) is 1. The number of halogens is 1. The quantitative estimate of drug-likeness (QED) is 0.431. The molecule has 3 aromatic carbocycles. The highest BCUT2D eigenvalue weighted by Crippen LogP contribution is 2.42. The first-order chi connectivity index (χ1) is 15.1. The third kappa shape index (κ3) is 3.72. The molecule has 0 radical (unpaired) electrons. The maximum atomic E-state index is 11.3. The number of likely N-dealkylation sites (N-methyl/N-ethyl adjacent to an activating group) is 1. The molecule has 0 aliphatic carbocycles. The van der Waals surface area contributed by atoms with Crippen LogP contribution in [0.25, 0.3) is 22.2 Å². The summed E-state index contributed by atoms with van der Waals surface area (Å²) in [6.07, 6.45) is 0. The third-order valence-electron chi connectivity index (χ3n) is 6.30. The number of benzene rings is 3. The van der Waals surface area contributed by atoms with Crippen LogP contribution in [0.3, 0.4) is 0 Å². The third-order valence-corrected chi connectivity index (χ3v) is 6.55. The predicted octanol–water partition coefficient (Wildman–Crippen LogP) is 5.54. The van der Waals surface area contributed by atoms with Crippen LogP contribution >= 0.6 is 11.6 Å². The summed E-state index contributed by atoms with van der Waals surface area (Å²) < 4.78 is 1.36. The van der Waals surface area contributed by atoms with Gasteiger partial charge in [-0.3, -0.25) is 4.90 Å². The van der Waals surface area contributed by atoms with Crippen LogP contribution in [0.5, 0.6) is 0 Å². The molecule has 1 aliphatic rings. The van der Waals surface area contributed by atoms with Crippen LogP contribution < -0.4 is 0 Å². The van der Waals surface area contributed by atoms with Gasteiger partial charge in [-0.2, -0.15) is 4.73 Å². The van der Waals surface area contributed by atoms with Gasteiger partial charge in [0.15, 0.2) is 0 Å². The second-order valence-electron chi connectivity index (χ2n) is 8.25. The zero-order chi connectivity index (χ0) is 21.4. The Kier molecular flexibility index (Phi) is 5.45. The zero-order valence-electron chi connectivity index (χ0n) is 17.6. The SMILES string of the molecule is CN1CCN([C@H](c2ccc(Cl)cc2)c2c(-c3ccccc3)n(O)c3ccccc23)CC1. The smallest absolute Gasteiger partial charge is 0.0930 e. The number of fused-ring (bicyclic) bond motifs is 1. The average molecular weight is 432 g/mol. The summed E-state index contributed by atoms with van der Waals surface area (Å²) in [4.78, 5) is 4.89. The lowest BCUT2D eigenvalue weighted by Gasteiger charge is -2.38. The summed E-state index contributed by atoms with van der Waals surface area (Å²) in [6, 6.07) is 26.4. The van der Waals surface area contributed by atoms with Crippen molar-refractivity contribution in [3.05, 3.63) is 95.0 Å². The van der Waals surface area contributed by atoms with E-state index in [4.69, 9.17) is 11.6 Å². The van der Waals surface area contributed by atoms with Crippen LogP contribution in [-0.4, -0.2) is 53.0 Å². The lowest BCUT2D eigenvalue weighted by Crippen LogP contribution is -2.46. The number of para-hydroxylation sites is 1. The number of piperazine rings is 1. The molecular weight excluding hydrogens is 406 g/mol. The second kappa shape index (κ2) is 8.39. The van der Waals surface area contributed by atoms with Crippen LogP contribution in [0.15, 0.2) is 78.9 Å². The van der Waals surface area contributed by atoms with E-state index < -0.39 is 0 Å². The number of hydrogen-bond acceptors (Lipinski definition) is 3. The van der Waals surface area contributed by atoms with Gasteiger partial charge in [0.25, 0.3) is 0 Å². The van der Waals surface area contributed by atoms with Gasteiger partial charge >= 0.3 is 0 Å². The van der Waals surface area contributed by atoms with E-state index in [1.54, 1.807) is 0 Å². The molecule has 1 aliphatic heterocycles. The topological polar surface area (TPSA) is 31.6 Å². The van der Waals surface area contributed by atoms with Crippen molar-refractivity contribution < 1.29 is 5.21 Å². The van der Waals surface area contributed by atoms with Crippen LogP contribution in [-0.2, 0) is 0 Å². The fourth-order valence-corrected chi connectivity index (χ4v) is 4.81. The molecule has 158 valence electrons. The molecule has 5 heteroatoms. The Morgan fingerprint density at radius 3 is 2.16 bits per heavy atom. The van der Waals surface area contributed by atoms with Crippen molar-refractivity contribution >= 4 is 22.5 Å². The summed E-state index contributed by atoms with van der Waals surface area (Å²) in [6.45, 7) is 3.96. The summed E-state index contributed by atoms with van der Waals surface area (Å²) >= 11 is 6.23. The maximum absolute atomic E-state index is 11.3. The van der Waals surface area contributed by atoms with E-state index in [9.17, 15) is 5.21 Å². The molecule has 0 bridgehead atoms. The van der Waals surface area contributed by atoms with Crippen molar-refractivity contribution in [1.29, 1.82) is 0 Å². The molecule has 1 N–H and O–H groups in total. The van der Waals surface area contributed by atoms with Crippen LogP contribution in [0.4, 0.5) is 0 Å². The Bertz CT molecular complexity index is 1180. The second-order valence-corrected chi connectivity index (χ2v) is 8.69. The van der Waals surface area contributed by atoms with Gasteiger partial charge in [-0.25, -0.2) is 0 Å². The molecule has 5 rings (SSSR count). The van der Waals surface area contributed by atoms with Crippen molar-refractivity contribution in [1.82, 2.24) is 14.5 Å². The zero-order valence-corrected chi connectivity index (χ0v) is 18.3. The normalized spacial score (nSPS) is 16.6. The van der Waals surface area contributed by atoms with E-state index >= 15 is 0 Å². The molecule has 4 nitrogen and oxygen atoms in total. The Morgan fingerprint density at radius 2 is 1.45 bits per heavy atom. The lowest BCUT2D eigenvalue weighted by atomic mass is 9.91. The summed E-state index contributed by atoms with van der Waals surface area (Å²) in [5, 5.41) is 13.1. The molecule has 1 saturated heterocycles. The summed E-state index contributed by atoms with van der Waals surface area (Å²) in [5.74, 6) is 0. The van der Waals surface area contributed by atoms with E-state index in [0.29, 0.717) is 0 Å². The van der Waals surface area contributed by atoms with Crippen molar-refractivity contribution in [3.63, 3.8) is 0 Å². The van der Waals surface area contributed by atoms with Gasteiger partial charge in [0.05, 0.1) is 17.3 Å². The fraction of sp³-hybridized carbons (Fsp3) is 0.231. The number of aromatic nitrogens is 1. The first-order valence-electron chi connectivity index (χ1n) is 10.7. The summed E-state index contributed by atoms with van der Waals surface area (Å²) in [5.41, 5.74) is 4.99. The average Bonchev–Trinajstić information content (AvgIpc) is 3.09. The molecule has 0 spiro atoms. The van der Waals surface area contributed by atoms with Crippen LogP contribution in [0, 0.1) is 0 Å².